The molecule has 0 radical (unpaired) electrons. The lowest BCUT2D eigenvalue weighted by atomic mass is 10.1. The standard InChI is InChI=1S/C18H19NO2S/c1-3-7-14-8-4-5-11-17(14)21-13-18(20)19-15-9-6-10-16(12-15)22-2/h3-6,8-12H,1,7,13H2,2H3,(H,19,20). The molecule has 0 atom stereocenters. The predicted molar refractivity (Wildman–Crippen MR) is 92.7 cm³/mol. The van der Waals surface area contributed by atoms with Gasteiger partial charge in [0.15, 0.2) is 6.61 Å². The Balaban J connectivity index is 1.94. The monoisotopic (exact) mass is 313 g/mol. The van der Waals surface area contributed by atoms with Crippen molar-refractivity contribution in [1.82, 2.24) is 0 Å². The molecule has 0 aliphatic rings. The van der Waals surface area contributed by atoms with Crippen molar-refractivity contribution in [2.75, 3.05) is 18.2 Å². The number of hydrogen-bond acceptors (Lipinski definition) is 3. The molecule has 0 unspecified atom stereocenters. The van der Waals surface area contributed by atoms with Crippen LogP contribution in [0.1, 0.15) is 5.56 Å². The molecule has 0 aliphatic heterocycles. The van der Waals surface area contributed by atoms with Crippen molar-refractivity contribution >= 4 is 23.4 Å². The molecule has 0 fully saturated rings. The molecule has 0 bridgehead atoms. The van der Waals surface area contributed by atoms with Crippen LogP contribution in [0.5, 0.6) is 5.75 Å². The van der Waals surface area contributed by atoms with Gasteiger partial charge in [0.2, 0.25) is 0 Å². The molecular formula is C18H19NO2S. The van der Waals surface area contributed by atoms with E-state index in [9.17, 15) is 4.79 Å². The highest BCUT2D eigenvalue weighted by Gasteiger charge is 2.06. The van der Waals surface area contributed by atoms with E-state index in [-0.39, 0.29) is 12.5 Å². The summed E-state index contributed by atoms with van der Waals surface area (Å²) in [6.07, 6.45) is 4.53. The Kier molecular flexibility index (Phi) is 6.10. The van der Waals surface area contributed by atoms with E-state index in [2.05, 4.69) is 11.9 Å². The number of hydrogen-bond donors (Lipinski definition) is 1. The van der Waals surface area contributed by atoms with E-state index < -0.39 is 0 Å². The average molecular weight is 313 g/mol. The summed E-state index contributed by atoms with van der Waals surface area (Å²) in [6, 6.07) is 15.4. The highest BCUT2D eigenvalue weighted by Crippen LogP contribution is 2.20. The summed E-state index contributed by atoms with van der Waals surface area (Å²) >= 11 is 1.64. The fraction of sp³-hybridized carbons (Fsp3) is 0.167. The summed E-state index contributed by atoms with van der Waals surface area (Å²) in [5, 5.41) is 2.84. The molecule has 0 saturated heterocycles. The van der Waals surface area contributed by atoms with Gasteiger partial charge in [-0.3, -0.25) is 4.79 Å². The van der Waals surface area contributed by atoms with Crippen molar-refractivity contribution in [3.05, 3.63) is 66.7 Å². The fourth-order valence-electron chi connectivity index (χ4n) is 2.01. The summed E-state index contributed by atoms with van der Waals surface area (Å²) in [7, 11) is 0. The van der Waals surface area contributed by atoms with E-state index in [1.807, 2.05) is 60.9 Å². The Hall–Kier alpha value is -2.20. The first-order valence-corrected chi connectivity index (χ1v) is 8.21. The van der Waals surface area contributed by atoms with E-state index >= 15 is 0 Å². The third-order valence-electron chi connectivity index (χ3n) is 3.05. The fourth-order valence-corrected chi connectivity index (χ4v) is 2.47. The normalized spacial score (nSPS) is 10.0. The maximum absolute atomic E-state index is 12.0. The van der Waals surface area contributed by atoms with Crippen molar-refractivity contribution in [2.24, 2.45) is 0 Å². The number of carbonyl (C=O) groups excluding carboxylic acids is 1. The van der Waals surface area contributed by atoms with Crippen LogP contribution in [0.15, 0.2) is 66.1 Å². The number of anilines is 1. The number of rotatable bonds is 7. The number of thioether (sulfide) groups is 1. The zero-order chi connectivity index (χ0) is 15.8. The molecule has 22 heavy (non-hydrogen) atoms. The highest BCUT2D eigenvalue weighted by molar-refractivity contribution is 7.98. The van der Waals surface area contributed by atoms with Crippen molar-refractivity contribution < 1.29 is 9.53 Å². The van der Waals surface area contributed by atoms with E-state index in [0.717, 1.165) is 21.9 Å². The Morgan fingerprint density at radius 1 is 1.27 bits per heavy atom. The van der Waals surface area contributed by atoms with Gasteiger partial charge < -0.3 is 10.1 Å². The lowest BCUT2D eigenvalue weighted by Crippen LogP contribution is -2.20. The largest absolute Gasteiger partial charge is 0.483 e. The number of benzene rings is 2. The van der Waals surface area contributed by atoms with Crippen molar-refractivity contribution in [2.45, 2.75) is 11.3 Å². The molecule has 1 N–H and O–H groups in total. The Morgan fingerprint density at radius 2 is 2.09 bits per heavy atom. The average Bonchev–Trinajstić information content (AvgIpc) is 2.54. The van der Waals surface area contributed by atoms with Crippen LogP contribution in [0, 0.1) is 0 Å². The van der Waals surface area contributed by atoms with Gasteiger partial charge in [-0.05, 0) is 42.5 Å². The second kappa shape index (κ2) is 8.29. The third-order valence-corrected chi connectivity index (χ3v) is 3.77. The molecule has 2 rings (SSSR count). The van der Waals surface area contributed by atoms with Gasteiger partial charge in [-0.1, -0.05) is 30.3 Å². The lowest BCUT2D eigenvalue weighted by molar-refractivity contribution is -0.118. The summed E-state index contributed by atoms with van der Waals surface area (Å²) in [5.74, 6) is 0.544. The summed E-state index contributed by atoms with van der Waals surface area (Å²) < 4.78 is 5.62. The molecule has 0 aliphatic carbocycles. The molecule has 0 heterocycles. The van der Waals surface area contributed by atoms with Crippen LogP contribution in [-0.4, -0.2) is 18.8 Å². The zero-order valence-corrected chi connectivity index (χ0v) is 13.4. The highest BCUT2D eigenvalue weighted by atomic mass is 32.2. The van der Waals surface area contributed by atoms with Gasteiger partial charge >= 0.3 is 0 Å². The van der Waals surface area contributed by atoms with E-state index in [1.54, 1.807) is 11.8 Å². The maximum atomic E-state index is 12.0. The number of allylic oxidation sites excluding steroid dienone is 1. The van der Waals surface area contributed by atoms with Gasteiger partial charge in [0.05, 0.1) is 0 Å². The minimum Gasteiger partial charge on any atom is -0.483 e. The van der Waals surface area contributed by atoms with Crippen LogP contribution in [-0.2, 0) is 11.2 Å². The Labute approximate surface area is 135 Å². The van der Waals surface area contributed by atoms with E-state index in [1.165, 1.54) is 0 Å². The molecule has 0 spiro atoms. The first-order valence-electron chi connectivity index (χ1n) is 6.98. The molecule has 1 amide bonds. The second-order valence-corrected chi connectivity index (χ2v) is 5.55. The second-order valence-electron chi connectivity index (χ2n) is 4.67. The number of carbonyl (C=O) groups is 1. The molecule has 3 nitrogen and oxygen atoms in total. The van der Waals surface area contributed by atoms with E-state index in [4.69, 9.17) is 4.74 Å². The van der Waals surface area contributed by atoms with Crippen molar-refractivity contribution in [3.63, 3.8) is 0 Å². The van der Waals surface area contributed by atoms with Gasteiger partial charge in [-0.15, -0.1) is 18.3 Å². The van der Waals surface area contributed by atoms with Gasteiger partial charge in [-0.25, -0.2) is 0 Å². The number of nitrogens with one attached hydrogen (secondary N) is 1. The zero-order valence-electron chi connectivity index (χ0n) is 12.5. The number of para-hydroxylation sites is 1. The van der Waals surface area contributed by atoms with Gasteiger partial charge in [0, 0.05) is 10.6 Å². The number of ether oxygens (including phenoxy) is 1. The lowest BCUT2D eigenvalue weighted by Gasteiger charge is -2.11. The maximum Gasteiger partial charge on any atom is 0.262 e. The minimum atomic E-state index is -0.174. The smallest absolute Gasteiger partial charge is 0.262 e. The van der Waals surface area contributed by atoms with Crippen molar-refractivity contribution in [3.8, 4) is 5.75 Å². The topological polar surface area (TPSA) is 38.3 Å². The van der Waals surface area contributed by atoms with Gasteiger partial charge in [0.1, 0.15) is 5.75 Å². The molecule has 4 heteroatoms. The molecule has 2 aromatic rings. The first-order chi connectivity index (χ1) is 10.7. The Bertz CT molecular complexity index is 655. The molecular weight excluding hydrogens is 294 g/mol. The Morgan fingerprint density at radius 3 is 2.86 bits per heavy atom. The van der Waals surface area contributed by atoms with Crippen LogP contribution in [0.4, 0.5) is 5.69 Å². The summed E-state index contributed by atoms with van der Waals surface area (Å²) in [6.45, 7) is 3.71. The van der Waals surface area contributed by atoms with Crippen LogP contribution < -0.4 is 10.1 Å². The van der Waals surface area contributed by atoms with Crippen molar-refractivity contribution in [1.29, 1.82) is 0 Å². The predicted octanol–water partition coefficient (Wildman–Crippen LogP) is 4.15. The van der Waals surface area contributed by atoms with Crippen LogP contribution in [0.3, 0.4) is 0 Å². The first kappa shape index (κ1) is 16.2. The van der Waals surface area contributed by atoms with Crippen LogP contribution in [0.2, 0.25) is 0 Å². The van der Waals surface area contributed by atoms with Crippen LogP contribution >= 0.6 is 11.8 Å². The summed E-state index contributed by atoms with van der Waals surface area (Å²) in [4.78, 5) is 13.1. The summed E-state index contributed by atoms with van der Waals surface area (Å²) in [5.41, 5.74) is 1.80. The van der Waals surface area contributed by atoms with Gasteiger partial charge in [0.25, 0.3) is 5.91 Å². The third kappa shape index (κ3) is 4.67. The van der Waals surface area contributed by atoms with E-state index in [0.29, 0.717) is 6.42 Å². The van der Waals surface area contributed by atoms with Crippen LogP contribution in [0.25, 0.3) is 0 Å². The molecule has 0 saturated carbocycles. The molecule has 2 aromatic carbocycles. The van der Waals surface area contributed by atoms with Gasteiger partial charge in [-0.2, -0.15) is 0 Å². The number of amides is 1. The molecule has 0 aromatic heterocycles. The molecule has 114 valence electrons. The SMILES string of the molecule is C=CCc1ccccc1OCC(=O)Nc1cccc(SC)c1. The minimum absolute atomic E-state index is 0.0162. The quantitative estimate of drug-likeness (QED) is 0.616.